The molecule has 0 saturated carbocycles. The van der Waals surface area contributed by atoms with Gasteiger partial charge in [-0.3, -0.25) is 5.43 Å². The van der Waals surface area contributed by atoms with Crippen LogP contribution in [0, 0.1) is 0 Å². The van der Waals surface area contributed by atoms with Crippen LogP contribution in [-0.2, 0) is 0 Å². The van der Waals surface area contributed by atoms with Gasteiger partial charge >= 0.3 is 0 Å². The Morgan fingerprint density at radius 2 is 2.06 bits per heavy atom. The van der Waals surface area contributed by atoms with Gasteiger partial charge in [0.1, 0.15) is 5.84 Å². The van der Waals surface area contributed by atoms with Crippen LogP contribution in [0.1, 0.15) is 31.7 Å². The van der Waals surface area contributed by atoms with Gasteiger partial charge in [-0.25, -0.2) is 0 Å². The van der Waals surface area contributed by atoms with Crippen molar-refractivity contribution >= 4 is 17.4 Å². The lowest BCUT2D eigenvalue weighted by molar-refractivity contribution is 0.865. The average Bonchev–Trinajstić information content (AvgIpc) is 2.75. The second-order valence-electron chi connectivity index (χ2n) is 4.34. The van der Waals surface area contributed by atoms with Crippen LogP contribution in [0.2, 0.25) is 0 Å². The van der Waals surface area contributed by atoms with E-state index in [2.05, 4.69) is 45.9 Å². The van der Waals surface area contributed by atoms with E-state index < -0.39 is 0 Å². The summed E-state index contributed by atoms with van der Waals surface area (Å²) in [4.78, 5) is 0. The molecule has 0 amide bonds. The van der Waals surface area contributed by atoms with Gasteiger partial charge in [-0.2, -0.15) is 0 Å². The molecule has 0 atom stereocenters. The van der Waals surface area contributed by atoms with Gasteiger partial charge in [-0.15, -0.1) is 15.3 Å². The summed E-state index contributed by atoms with van der Waals surface area (Å²) in [6.07, 6.45) is 0.455. The summed E-state index contributed by atoms with van der Waals surface area (Å²) in [5, 5.41) is 15.3. The van der Waals surface area contributed by atoms with Crippen LogP contribution in [0.25, 0.3) is 0 Å². The first-order valence-electron chi connectivity index (χ1n) is 5.81. The summed E-state index contributed by atoms with van der Waals surface area (Å²) in [6, 6.07) is 8.00. The van der Waals surface area contributed by atoms with Crippen molar-refractivity contribution in [2.24, 2.45) is 26.3 Å². The van der Waals surface area contributed by atoms with Crippen molar-refractivity contribution < 1.29 is 0 Å². The highest BCUT2D eigenvalue weighted by atomic mass is 15.4. The van der Waals surface area contributed by atoms with Crippen LogP contribution in [-0.4, -0.2) is 11.7 Å². The molecule has 0 saturated heterocycles. The van der Waals surface area contributed by atoms with Gasteiger partial charge in [0, 0.05) is 0 Å². The van der Waals surface area contributed by atoms with Crippen molar-refractivity contribution in [2.75, 3.05) is 5.43 Å². The lowest BCUT2D eigenvalue weighted by Gasteiger charge is -2.10. The lowest BCUT2D eigenvalue weighted by atomic mass is 10.0. The van der Waals surface area contributed by atoms with Crippen LogP contribution in [0.4, 0.5) is 5.69 Å². The van der Waals surface area contributed by atoms with Crippen molar-refractivity contribution in [1.82, 2.24) is 0 Å². The fourth-order valence-corrected chi connectivity index (χ4v) is 1.65. The normalized spacial score (nSPS) is 15.1. The molecule has 0 bridgehead atoms. The number of anilines is 1. The topological polar surface area (TPSA) is 87.5 Å². The largest absolute Gasteiger partial charge is 0.385 e. The van der Waals surface area contributed by atoms with E-state index in [4.69, 9.17) is 5.73 Å². The molecule has 1 aliphatic rings. The summed E-state index contributed by atoms with van der Waals surface area (Å²) in [7, 11) is 0. The third-order valence-corrected chi connectivity index (χ3v) is 2.55. The van der Waals surface area contributed by atoms with E-state index in [9.17, 15) is 0 Å². The first kappa shape index (κ1) is 12.2. The highest BCUT2D eigenvalue weighted by Crippen LogP contribution is 2.23. The summed E-state index contributed by atoms with van der Waals surface area (Å²) >= 11 is 0. The highest BCUT2D eigenvalue weighted by Gasteiger charge is 2.08. The van der Waals surface area contributed by atoms with Gasteiger partial charge < -0.3 is 5.73 Å². The van der Waals surface area contributed by atoms with Crippen molar-refractivity contribution in [2.45, 2.75) is 26.2 Å². The molecular formula is C12H16N6. The van der Waals surface area contributed by atoms with Gasteiger partial charge in [-0.1, -0.05) is 37.3 Å². The standard InChI is InChI=1S/C12H16N6/c1-8(2)9-5-3-4-6-10(9)14-18-17-12-7-11(13)15-16-12/h3-6,8H,7H2,1-2H3,(H2,13,15)(H,14,16,17). The van der Waals surface area contributed by atoms with Crippen LogP contribution in [0.5, 0.6) is 0 Å². The van der Waals surface area contributed by atoms with Crippen LogP contribution < -0.4 is 11.2 Å². The minimum Gasteiger partial charge on any atom is -0.385 e. The Kier molecular flexibility index (Phi) is 3.66. The number of rotatable bonds is 3. The zero-order valence-corrected chi connectivity index (χ0v) is 10.5. The SMILES string of the molecule is CC(C)c1ccccc1NN=NC1=NN=C(N)C1. The number of benzene rings is 1. The predicted octanol–water partition coefficient (Wildman–Crippen LogP) is 2.66. The molecule has 2 rings (SSSR count). The maximum absolute atomic E-state index is 5.49. The summed E-state index contributed by atoms with van der Waals surface area (Å²) < 4.78 is 0. The van der Waals surface area contributed by atoms with Gasteiger partial charge in [-0.05, 0) is 17.5 Å². The number of hydrogen-bond acceptors (Lipinski definition) is 5. The first-order valence-corrected chi connectivity index (χ1v) is 5.81. The lowest BCUT2D eigenvalue weighted by Crippen LogP contribution is -2.10. The number of nitrogens with zero attached hydrogens (tertiary/aromatic N) is 4. The molecule has 1 aromatic rings. The number of nitrogens with two attached hydrogens (primary N) is 1. The Balaban J connectivity index is 2.01. The third kappa shape index (κ3) is 2.91. The Morgan fingerprint density at radius 3 is 2.72 bits per heavy atom. The van der Waals surface area contributed by atoms with E-state index in [1.54, 1.807) is 0 Å². The zero-order valence-electron chi connectivity index (χ0n) is 10.5. The maximum Gasteiger partial charge on any atom is 0.182 e. The van der Waals surface area contributed by atoms with Gasteiger partial charge in [0.05, 0.1) is 12.1 Å². The maximum atomic E-state index is 5.49. The van der Waals surface area contributed by atoms with Crippen molar-refractivity contribution in [3.63, 3.8) is 0 Å². The number of para-hydroxylation sites is 1. The summed E-state index contributed by atoms with van der Waals surface area (Å²) in [6.45, 7) is 4.26. The molecule has 18 heavy (non-hydrogen) atoms. The quantitative estimate of drug-likeness (QED) is 0.632. The third-order valence-electron chi connectivity index (χ3n) is 2.55. The first-order chi connectivity index (χ1) is 8.66. The van der Waals surface area contributed by atoms with Crippen LogP contribution in [0.3, 0.4) is 0 Å². The molecule has 6 heteroatoms. The smallest absolute Gasteiger partial charge is 0.182 e. The summed E-state index contributed by atoms with van der Waals surface area (Å²) in [5.41, 5.74) is 10.6. The molecule has 0 aromatic heterocycles. The molecular weight excluding hydrogens is 228 g/mol. The Morgan fingerprint density at radius 1 is 1.28 bits per heavy atom. The number of nitrogens with one attached hydrogen (secondary N) is 1. The molecule has 1 aromatic carbocycles. The Bertz CT molecular complexity index is 515. The van der Waals surface area contributed by atoms with Crippen LogP contribution >= 0.6 is 0 Å². The second kappa shape index (κ2) is 5.39. The predicted molar refractivity (Wildman–Crippen MR) is 72.7 cm³/mol. The fourth-order valence-electron chi connectivity index (χ4n) is 1.65. The van der Waals surface area contributed by atoms with Crippen molar-refractivity contribution in [1.29, 1.82) is 0 Å². The molecule has 0 spiro atoms. The zero-order chi connectivity index (χ0) is 13.0. The van der Waals surface area contributed by atoms with Gasteiger partial charge in [0.25, 0.3) is 0 Å². The molecule has 94 valence electrons. The molecule has 0 unspecified atom stereocenters. The molecule has 0 radical (unpaired) electrons. The number of hydrogen-bond donors (Lipinski definition) is 2. The van der Waals surface area contributed by atoms with Crippen molar-refractivity contribution in [3.05, 3.63) is 29.8 Å². The second-order valence-corrected chi connectivity index (χ2v) is 4.34. The van der Waals surface area contributed by atoms with Gasteiger partial charge in [0.2, 0.25) is 0 Å². The molecule has 1 aliphatic heterocycles. The molecule has 3 N–H and O–H groups in total. The monoisotopic (exact) mass is 244 g/mol. The van der Waals surface area contributed by atoms with Crippen molar-refractivity contribution in [3.8, 4) is 0 Å². The molecule has 0 fully saturated rings. The van der Waals surface area contributed by atoms with E-state index in [0.29, 0.717) is 24.0 Å². The van der Waals surface area contributed by atoms with E-state index in [-0.39, 0.29) is 0 Å². The Hall–Kier alpha value is -2.24. The average molecular weight is 244 g/mol. The van der Waals surface area contributed by atoms with E-state index in [1.165, 1.54) is 5.56 Å². The van der Waals surface area contributed by atoms with E-state index in [0.717, 1.165) is 5.69 Å². The minimum absolute atomic E-state index is 0.423. The van der Waals surface area contributed by atoms with E-state index >= 15 is 0 Å². The van der Waals surface area contributed by atoms with Crippen LogP contribution in [0.15, 0.2) is 44.8 Å². The Labute approximate surface area is 106 Å². The van der Waals surface area contributed by atoms with E-state index in [1.807, 2.05) is 18.2 Å². The highest BCUT2D eigenvalue weighted by molar-refractivity contribution is 6.04. The summed E-state index contributed by atoms with van der Waals surface area (Å²) in [5.74, 6) is 1.40. The molecule has 1 heterocycles. The molecule has 0 aliphatic carbocycles. The fraction of sp³-hybridized carbons (Fsp3) is 0.333. The number of amidine groups is 2. The molecule has 6 nitrogen and oxygen atoms in total. The van der Waals surface area contributed by atoms with Gasteiger partial charge in [0.15, 0.2) is 5.84 Å². The minimum atomic E-state index is 0.423.